The fraction of sp³-hybridized carbons (Fsp3) is 0.0833. The second-order valence-corrected chi connectivity index (χ2v) is 8.07. The smallest absolute Gasteiger partial charge is 0.251 e. The zero-order valence-corrected chi connectivity index (χ0v) is 18.3. The average Bonchev–Trinajstić information content (AvgIpc) is 3.30. The van der Waals surface area contributed by atoms with Gasteiger partial charge in [0.25, 0.3) is 5.95 Å². The van der Waals surface area contributed by atoms with Crippen LogP contribution >= 0.6 is 11.6 Å². The molecular weight excluding hydrogens is 462 g/mol. The second-order valence-electron chi connectivity index (χ2n) is 7.63. The van der Waals surface area contributed by atoms with Gasteiger partial charge in [0.1, 0.15) is 24.2 Å². The molecule has 0 saturated carbocycles. The second kappa shape index (κ2) is 9.03. The van der Waals surface area contributed by atoms with Crippen LogP contribution in [0.4, 0.5) is 20.4 Å². The highest BCUT2D eigenvalue weighted by Crippen LogP contribution is 2.36. The van der Waals surface area contributed by atoms with E-state index in [2.05, 4.69) is 20.8 Å². The zero-order chi connectivity index (χ0) is 23.7. The molecule has 34 heavy (non-hydrogen) atoms. The number of tetrazole rings is 1. The number of carbonyl (C=O) groups is 1. The zero-order valence-electron chi connectivity index (χ0n) is 17.6. The van der Waals surface area contributed by atoms with Crippen molar-refractivity contribution in [3.05, 3.63) is 107 Å². The number of aromatic nitrogens is 4. The Morgan fingerprint density at radius 1 is 1.00 bits per heavy atom. The number of benzene rings is 3. The van der Waals surface area contributed by atoms with Gasteiger partial charge in [-0.3, -0.25) is 9.69 Å². The lowest BCUT2D eigenvalue weighted by molar-refractivity contribution is -0.114. The van der Waals surface area contributed by atoms with Crippen LogP contribution in [0, 0.1) is 11.6 Å². The maximum Gasteiger partial charge on any atom is 0.251 e. The first kappa shape index (κ1) is 21.7. The van der Waals surface area contributed by atoms with Gasteiger partial charge in [-0.2, -0.15) is 4.68 Å². The monoisotopic (exact) mass is 478 g/mol. The van der Waals surface area contributed by atoms with E-state index in [1.165, 1.54) is 0 Å². The summed E-state index contributed by atoms with van der Waals surface area (Å²) in [5.41, 5.74) is 2.48. The van der Waals surface area contributed by atoms with E-state index in [0.717, 1.165) is 29.3 Å². The molecule has 1 amide bonds. The Morgan fingerprint density at radius 2 is 1.71 bits per heavy atom. The molecule has 0 fully saturated rings. The molecule has 2 heterocycles. The number of nitrogens with one attached hydrogen (secondary N) is 1. The first-order valence-corrected chi connectivity index (χ1v) is 10.7. The highest BCUT2D eigenvalue weighted by atomic mass is 35.5. The van der Waals surface area contributed by atoms with Gasteiger partial charge in [-0.25, -0.2) is 8.78 Å². The third-order valence-electron chi connectivity index (χ3n) is 5.32. The average molecular weight is 479 g/mol. The molecule has 170 valence electrons. The number of halogens is 3. The summed E-state index contributed by atoms with van der Waals surface area (Å²) in [5.74, 6) is -1.71. The number of anilines is 2. The van der Waals surface area contributed by atoms with Gasteiger partial charge in [-0.05, 0) is 51.9 Å². The molecule has 0 saturated heterocycles. The van der Waals surface area contributed by atoms with Crippen molar-refractivity contribution < 1.29 is 13.6 Å². The number of hydrogen-bond donors (Lipinski definition) is 1. The molecule has 1 N–H and O–H groups in total. The lowest BCUT2D eigenvalue weighted by Crippen LogP contribution is -2.37. The van der Waals surface area contributed by atoms with E-state index in [0.29, 0.717) is 16.7 Å². The van der Waals surface area contributed by atoms with Crippen molar-refractivity contribution in [2.24, 2.45) is 0 Å². The number of amides is 1. The summed E-state index contributed by atoms with van der Waals surface area (Å²) >= 11 is 6.06. The van der Waals surface area contributed by atoms with Crippen LogP contribution in [0.5, 0.6) is 0 Å². The first-order valence-electron chi connectivity index (χ1n) is 10.3. The quantitative estimate of drug-likeness (QED) is 0.450. The molecule has 3 aromatic carbocycles. The molecule has 0 unspecified atom stereocenters. The minimum absolute atomic E-state index is 0.0170. The van der Waals surface area contributed by atoms with Crippen LogP contribution in [0.3, 0.4) is 0 Å². The third kappa shape index (κ3) is 4.38. The molecule has 1 aliphatic rings. The summed E-state index contributed by atoms with van der Waals surface area (Å²) in [6, 6.07) is 19.3. The standard InChI is InChI=1S/C24H17ClF2N6O/c25-17-8-6-16(7-9-17)22-13-21(15-4-2-1-3-5-15)32(24-29-30-31-33(22)24)14-23(34)28-20-11-18(26)10-19(27)12-20/h1-13,22H,14H2,(H,28,34)/t22-/m1/s1. The van der Waals surface area contributed by atoms with Crippen LogP contribution in [0.1, 0.15) is 17.2 Å². The predicted molar refractivity (Wildman–Crippen MR) is 124 cm³/mol. The van der Waals surface area contributed by atoms with E-state index >= 15 is 0 Å². The molecule has 0 aliphatic carbocycles. The minimum Gasteiger partial charge on any atom is -0.324 e. The number of rotatable bonds is 5. The van der Waals surface area contributed by atoms with Crippen LogP contribution in [-0.4, -0.2) is 32.7 Å². The van der Waals surface area contributed by atoms with E-state index in [4.69, 9.17) is 11.6 Å². The highest BCUT2D eigenvalue weighted by Gasteiger charge is 2.32. The summed E-state index contributed by atoms with van der Waals surface area (Å²) in [4.78, 5) is 14.5. The molecule has 5 rings (SSSR count). The Balaban J connectivity index is 1.52. The lowest BCUT2D eigenvalue weighted by Gasteiger charge is -2.32. The fourth-order valence-electron chi connectivity index (χ4n) is 3.85. The maximum absolute atomic E-state index is 13.6. The van der Waals surface area contributed by atoms with Crippen LogP contribution in [0.2, 0.25) is 5.02 Å². The van der Waals surface area contributed by atoms with Gasteiger partial charge in [0, 0.05) is 16.8 Å². The van der Waals surface area contributed by atoms with Gasteiger partial charge in [0.05, 0.1) is 5.70 Å². The van der Waals surface area contributed by atoms with Crippen LogP contribution in [0.15, 0.2) is 78.9 Å². The highest BCUT2D eigenvalue weighted by molar-refractivity contribution is 6.30. The van der Waals surface area contributed by atoms with E-state index in [-0.39, 0.29) is 18.3 Å². The van der Waals surface area contributed by atoms with Crippen molar-refractivity contribution >= 4 is 34.8 Å². The fourth-order valence-corrected chi connectivity index (χ4v) is 3.97. The molecule has 4 aromatic rings. The molecule has 1 aromatic heterocycles. The Hall–Kier alpha value is -4.11. The van der Waals surface area contributed by atoms with Crippen molar-refractivity contribution in [1.82, 2.24) is 20.2 Å². The Kier molecular flexibility index (Phi) is 5.77. The molecule has 7 nitrogen and oxygen atoms in total. The largest absolute Gasteiger partial charge is 0.324 e. The van der Waals surface area contributed by atoms with Crippen molar-refractivity contribution in [3.8, 4) is 0 Å². The normalized spacial score (nSPS) is 15.0. The predicted octanol–water partition coefficient (Wildman–Crippen LogP) is 4.69. The van der Waals surface area contributed by atoms with Crippen molar-refractivity contribution in [3.63, 3.8) is 0 Å². The number of carbonyl (C=O) groups excluding carboxylic acids is 1. The first-order chi connectivity index (χ1) is 16.5. The minimum atomic E-state index is -0.784. The van der Waals surface area contributed by atoms with E-state index in [1.807, 2.05) is 48.5 Å². The van der Waals surface area contributed by atoms with Crippen molar-refractivity contribution in [2.45, 2.75) is 6.04 Å². The van der Waals surface area contributed by atoms with E-state index in [9.17, 15) is 13.6 Å². The van der Waals surface area contributed by atoms with Gasteiger partial charge in [-0.15, -0.1) is 0 Å². The lowest BCUT2D eigenvalue weighted by atomic mass is 10.0. The van der Waals surface area contributed by atoms with Gasteiger partial charge in [0.2, 0.25) is 5.91 Å². The maximum atomic E-state index is 13.6. The molecular formula is C24H17ClF2N6O. The van der Waals surface area contributed by atoms with Crippen molar-refractivity contribution in [2.75, 3.05) is 16.8 Å². The molecule has 0 spiro atoms. The Morgan fingerprint density at radius 3 is 2.41 bits per heavy atom. The number of allylic oxidation sites excluding steroid dienone is 1. The van der Waals surface area contributed by atoms with Crippen LogP contribution in [-0.2, 0) is 4.79 Å². The summed E-state index contributed by atoms with van der Waals surface area (Å²) in [7, 11) is 0. The number of fused-ring (bicyclic) bond motifs is 1. The molecule has 0 radical (unpaired) electrons. The van der Waals surface area contributed by atoms with Gasteiger partial charge in [-0.1, -0.05) is 59.2 Å². The molecule has 1 atom stereocenters. The van der Waals surface area contributed by atoms with Crippen molar-refractivity contribution in [1.29, 1.82) is 0 Å². The topological polar surface area (TPSA) is 75.9 Å². The van der Waals surface area contributed by atoms with Crippen LogP contribution < -0.4 is 10.2 Å². The van der Waals surface area contributed by atoms with E-state index < -0.39 is 17.5 Å². The summed E-state index contributed by atoms with van der Waals surface area (Å²) in [6.45, 7) is -0.188. The van der Waals surface area contributed by atoms with Gasteiger partial charge < -0.3 is 5.32 Å². The van der Waals surface area contributed by atoms with E-state index in [1.54, 1.807) is 21.7 Å². The number of hydrogen-bond acceptors (Lipinski definition) is 5. The van der Waals surface area contributed by atoms with Gasteiger partial charge >= 0.3 is 0 Å². The third-order valence-corrected chi connectivity index (χ3v) is 5.57. The number of nitrogens with zero attached hydrogens (tertiary/aromatic N) is 5. The summed E-state index contributed by atoms with van der Waals surface area (Å²) in [6.07, 6.45) is 1.96. The summed E-state index contributed by atoms with van der Waals surface area (Å²) in [5, 5.41) is 15.3. The Bertz CT molecular complexity index is 1350. The van der Waals surface area contributed by atoms with Crippen LogP contribution in [0.25, 0.3) is 5.70 Å². The molecule has 1 aliphatic heterocycles. The Labute approximate surface area is 198 Å². The molecule has 10 heteroatoms. The summed E-state index contributed by atoms with van der Waals surface area (Å²) < 4.78 is 28.7. The molecule has 0 bridgehead atoms. The SMILES string of the molecule is O=C(CN1C(c2ccccc2)=C[C@H](c2ccc(Cl)cc2)n2nnnc21)Nc1cc(F)cc(F)c1. The van der Waals surface area contributed by atoms with Gasteiger partial charge in [0.15, 0.2) is 0 Å².